The second-order valence-corrected chi connectivity index (χ2v) is 3.48. The minimum atomic E-state index is -1.11. The van der Waals surface area contributed by atoms with Gasteiger partial charge in [0.1, 0.15) is 0 Å². The Morgan fingerprint density at radius 1 is 1.64 bits per heavy atom. The van der Waals surface area contributed by atoms with Crippen LogP contribution in [0.4, 0.5) is 0 Å². The van der Waals surface area contributed by atoms with Crippen molar-refractivity contribution in [3.8, 4) is 0 Å². The molecule has 0 bridgehead atoms. The molecule has 1 atom stereocenters. The van der Waals surface area contributed by atoms with Crippen molar-refractivity contribution in [2.24, 2.45) is 5.73 Å². The van der Waals surface area contributed by atoms with Crippen molar-refractivity contribution >= 4 is 22.9 Å². The van der Waals surface area contributed by atoms with Crippen molar-refractivity contribution < 1.29 is 9.52 Å². The highest BCUT2D eigenvalue weighted by Gasteiger charge is 2.10. The van der Waals surface area contributed by atoms with Gasteiger partial charge >= 0.3 is 0 Å². The van der Waals surface area contributed by atoms with Gasteiger partial charge in [-0.3, -0.25) is 5.73 Å². The van der Waals surface area contributed by atoms with Crippen LogP contribution >= 0.6 is 11.8 Å². The van der Waals surface area contributed by atoms with Gasteiger partial charge in [0.15, 0.2) is 17.1 Å². The lowest BCUT2D eigenvalue weighted by Crippen LogP contribution is -2.06. The summed E-state index contributed by atoms with van der Waals surface area (Å²) in [7, 11) is 0. The van der Waals surface area contributed by atoms with E-state index in [0.29, 0.717) is 16.6 Å². The molecule has 3 N–H and O–H groups in total. The topological polar surface area (TPSA) is 85.2 Å². The molecule has 0 aliphatic carbocycles. The first-order chi connectivity index (χ1) is 6.70. The highest BCUT2D eigenvalue weighted by molar-refractivity contribution is 7.98. The summed E-state index contributed by atoms with van der Waals surface area (Å²) in [5.41, 5.74) is 5.70. The summed E-state index contributed by atoms with van der Waals surface area (Å²) in [5, 5.41) is 10.4. The van der Waals surface area contributed by atoms with Crippen molar-refractivity contribution in [2.75, 3.05) is 6.26 Å². The van der Waals surface area contributed by atoms with Crippen molar-refractivity contribution in [3.05, 3.63) is 18.0 Å². The molecule has 5 nitrogen and oxygen atoms in total. The van der Waals surface area contributed by atoms with Crippen LogP contribution in [0.15, 0.2) is 21.8 Å². The molecule has 0 saturated carbocycles. The molecule has 0 saturated heterocycles. The first-order valence-electron chi connectivity index (χ1n) is 3.95. The zero-order valence-corrected chi connectivity index (χ0v) is 8.28. The SMILES string of the molecule is CSc1ncc2cc(C(N)O)oc2n1. The van der Waals surface area contributed by atoms with E-state index in [1.54, 1.807) is 12.3 Å². The number of hydrogen-bond donors (Lipinski definition) is 2. The summed E-state index contributed by atoms with van der Waals surface area (Å²) < 4.78 is 5.23. The van der Waals surface area contributed by atoms with Crippen LogP contribution in [-0.2, 0) is 0 Å². The first kappa shape index (κ1) is 9.45. The molecule has 6 heteroatoms. The Labute approximate surface area is 84.3 Å². The lowest BCUT2D eigenvalue weighted by molar-refractivity contribution is 0.159. The van der Waals surface area contributed by atoms with E-state index in [1.807, 2.05) is 6.26 Å². The van der Waals surface area contributed by atoms with Crippen molar-refractivity contribution in [3.63, 3.8) is 0 Å². The number of fused-ring (bicyclic) bond motifs is 1. The molecule has 2 heterocycles. The quantitative estimate of drug-likeness (QED) is 0.436. The molecule has 2 aromatic heterocycles. The van der Waals surface area contributed by atoms with Crippen molar-refractivity contribution in [2.45, 2.75) is 11.4 Å². The fourth-order valence-electron chi connectivity index (χ4n) is 1.08. The molecule has 0 spiro atoms. The van der Waals surface area contributed by atoms with Crippen molar-refractivity contribution in [1.29, 1.82) is 0 Å². The van der Waals surface area contributed by atoms with Gasteiger partial charge in [0, 0.05) is 6.20 Å². The van der Waals surface area contributed by atoms with Crippen LogP contribution in [0.3, 0.4) is 0 Å². The summed E-state index contributed by atoms with van der Waals surface area (Å²) in [4.78, 5) is 8.18. The third kappa shape index (κ3) is 1.59. The Morgan fingerprint density at radius 3 is 3.07 bits per heavy atom. The predicted octanol–water partition coefficient (Wildman–Crippen LogP) is 0.894. The van der Waals surface area contributed by atoms with E-state index in [9.17, 15) is 0 Å². The standard InChI is InChI=1S/C8H9N3O2S/c1-14-8-10-3-4-2-5(6(9)12)13-7(4)11-8/h2-3,6,12H,9H2,1H3. The second-order valence-electron chi connectivity index (χ2n) is 2.71. The minimum absolute atomic E-state index is 0.299. The molecule has 2 aromatic rings. The smallest absolute Gasteiger partial charge is 0.230 e. The molecule has 0 amide bonds. The summed E-state index contributed by atoms with van der Waals surface area (Å²) in [6, 6.07) is 1.63. The molecule has 2 rings (SSSR count). The zero-order chi connectivity index (χ0) is 10.1. The van der Waals surface area contributed by atoms with Gasteiger partial charge in [-0.2, -0.15) is 4.98 Å². The molecule has 0 aliphatic rings. The number of aliphatic hydroxyl groups excluding tert-OH is 1. The van der Waals surface area contributed by atoms with E-state index in [-0.39, 0.29) is 0 Å². The molecule has 14 heavy (non-hydrogen) atoms. The summed E-state index contributed by atoms with van der Waals surface area (Å²) in [6.07, 6.45) is 2.41. The number of thioether (sulfide) groups is 1. The average molecular weight is 211 g/mol. The number of aliphatic hydroxyl groups is 1. The van der Waals surface area contributed by atoms with Crippen LogP contribution in [0.2, 0.25) is 0 Å². The van der Waals surface area contributed by atoms with Gasteiger partial charge in [0.25, 0.3) is 0 Å². The van der Waals surface area contributed by atoms with E-state index in [0.717, 1.165) is 5.39 Å². The maximum atomic E-state index is 9.08. The predicted molar refractivity (Wildman–Crippen MR) is 52.7 cm³/mol. The highest BCUT2D eigenvalue weighted by Crippen LogP contribution is 2.21. The third-order valence-electron chi connectivity index (χ3n) is 1.74. The first-order valence-corrected chi connectivity index (χ1v) is 5.17. The number of rotatable bonds is 2. The van der Waals surface area contributed by atoms with Crippen LogP contribution in [0, 0.1) is 0 Å². The van der Waals surface area contributed by atoms with Crippen molar-refractivity contribution in [1.82, 2.24) is 9.97 Å². The normalized spacial score (nSPS) is 13.4. The molecule has 0 fully saturated rings. The number of nitrogens with two attached hydrogens (primary N) is 1. The summed E-state index contributed by atoms with van der Waals surface area (Å²) >= 11 is 1.43. The van der Waals surface area contributed by atoms with Gasteiger partial charge in [-0.15, -0.1) is 0 Å². The number of aromatic nitrogens is 2. The van der Waals surface area contributed by atoms with Crippen LogP contribution in [0.25, 0.3) is 11.1 Å². The van der Waals surface area contributed by atoms with Gasteiger partial charge in [-0.1, -0.05) is 11.8 Å². The molecule has 74 valence electrons. The van der Waals surface area contributed by atoms with Gasteiger partial charge in [-0.25, -0.2) is 4.98 Å². The fourth-order valence-corrected chi connectivity index (χ4v) is 1.41. The fraction of sp³-hybridized carbons (Fsp3) is 0.250. The largest absolute Gasteiger partial charge is 0.438 e. The Morgan fingerprint density at radius 2 is 2.43 bits per heavy atom. The molecule has 0 aliphatic heterocycles. The second kappa shape index (κ2) is 3.56. The average Bonchev–Trinajstić information content (AvgIpc) is 2.59. The monoisotopic (exact) mass is 211 g/mol. The zero-order valence-electron chi connectivity index (χ0n) is 7.47. The summed E-state index contributed by atoms with van der Waals surface area (Å²) in [6.45, 7) is 0. The summed E-state index contributed by atoms with van der Waals surface area (Å²) in [5.74, 6) is 0.299. The molecule has 0 aromatic carbocycles. The van der Waals surface area contributed by atoms with E-state index < -0.39 is 6.23 Å². The van der Waals surface area contributed by atoms with Gasteiger partial charge in [0.2, 0.25) is 5.71 Å². The molecular weight excluding hydrogens is 202 g/mol. The maximum absolute atomic E-state index is 9.08. The molecular formula is C8H9N3O2S. The van der Waals surface area contributed by atoms with Crippen LogP contribution < -0.4 is 5.73 Å². The van der Waals surface area contributed by atoms with E-state index in [4.69, 9.17) is 15.3 Å². The Kier molecular flexibility index (Phi) is 2.40. The maximum Gasteiger partial charge on any atom is 0.230 e. The molecule has 0 radical (unpaired) electrons. The molecule has 1 unspecified atom stereocenters. The van der Waals surface area contributed by atoms with Gasteiger partial charge < -0.3 is 9.52 Å². The van der Waals surface area contributed by atoms with E-state index in [2.05, 4.69) is 9.97 Å². The Hall–Kier alpha value is -1.11. The lowest BCUT2D eigenvalue weighted by atomic mass is 10.3. The third-order valence-corrected chi connectivity index (χ3v) is 2.31. The minimum Gasteiger partial charge on any atom is -0.438 e. The van der Waals surface area contributed by atoms with E-state index >= 15 is 0 Å². The van der Waals surface area contributed by atoms with Crippen LogP contribution in [-0.4, -0.2) is 21.3 Å². The Bertz CT molecular complexity index is 455. The van der Waals surface area contributed by atoms with Crippen LogP contribution in [0.5, 0.6) is 0 Å². The number of furan rings is 1. The number of hydrogen-bond acceptors (Lipinski definition) is 6. The number of nitrogens with zero attached hydrogens (tertiary/aromatic N) is 2. The van der Waals surface area contributed by atoms with Gasteiger partial charge in [-0.05, 0) is 12.3 Å². The highest BCUT2D eigenvalue weighted by atomic mass is 32.2. The Balaban J connectivity index is 2.54. The van der Waals surface area contributed by atoms with Gasteiger partial charge in [0.05, 0.1) is 5.39 Å². The van der Waals surface area contributed by atoms with Crippen LogP contribution in [0.1, 0.15) is 12.0 Å². The van der Waals surface area contributed by atoms with E-state index in [1.165, 1.54) is 11.8 Å². The lowest BCUT2D eigenvalue weighted by Gasteiger charge is -1.95.